The fourth-order valence-electron chi connectivity index (χ4n) is 2.95. The van der Waals surface area contributed by atoms with Crippen molar-refractivity contribution in [1.82, 2.24) is 19.5 Å². The first-order valence-electron chi connectivity index (χ1n) is 7.83. The molecule has 2 aliphatic rings. The topological polar surface area (TPSA) is 105 Å². The van der Waals surface area contributed by atoms with Crippen molar-refractivity contribution >= 4 is 17.0 Å². The fourth-order valence-corrected chi connectivity index (χ4v) is 2.95. The molecule has 2 aromatic rings. The number of imidazole rings is 1. The summed E-state index contributed by atoms with van der Waals surface area (Å²) in [6.07, 6.45) is 2.67. The van der Waals surface area contributed by atoms with Crippen LogP contribution in [0.5, 0.6) is 0 Å². The van der Waals surface area contributed by atoms with Crippen LogP contribution in [-0.4, -0.2) is 54.1 Å². The maximum atomic E-state index is 13.8. The lowest BCUT2D eigenvalue weighted by Gasteiger charge is -2.26. The van der Waals surface area contributed by atoms with Gasteiger partial charge in [-0.15, -0.1) is 6.58 Å². The van der Waals surface area contributed by atoms with Gasteiger partial charge in [-0.1, -0.05) is 6.08 Å². The highest BCUT2D eigenvalue weighted by atomic mass is 19.1. The van der Waals surface area contributed by atoms with Crippen LogP contribution in [0.4, 0.5) is 10.2 Å². The predicted molar refractivity (Wildman–Crippen MR) is 82.7 cm³/mol. The summed E-state index contributed by atoms with van der Waals surface area (Å²) in [6, 6.07) is 0.292. The number of nitrogens with one attached hydrogen (secondary N) is 1. The van der Waals surface area contributed by atoms with E-state index in [2.05, 4.69) is 26.8 Å². The maximum absolute atomic E-state index is 13.8. The molecule has 3 atom stereocenters. The Hall–Kier alpha value is -2.10. The van der Waals surface area contributed by atoms with Crippen LogP contribution in [0.15, 0.2) is 19.0 Å². The number of fused-ring (bicyclic) bond motifs is 1. The average molecular weight is 335 g/mol. The Morgan fingerprint density at radius 1 is 1.50 bits per heavy atom. The van der Waals surface area contributed by atoms with Crippen LogP contribution in [0.2, 0.25) is 0 Å². The van der Waals surface area contributed by atoms with Gasteiger partial charge >= 0.3 is 6.08 Å². The number of rotatable bonds is 5. The summed E-state index contributed by atoms with van der Waals surface area (Å²) in [6.45, 7) is 3.21. The lowest BCUT2D eigenvalue weighted by molar-refractivity contribution is -0.0953. The van der Waals surface area contributed by atoms with Gasteiger partial charge in [-0.25, -0.2) is 4.98 Å². The van der Waals surface area contributed by atoms with Gasteiger partial charge in [0.15, 0.2) is 17.0 Å². The molecule has 0 bridgehead atoms. The highest BCUT2D eigenvalue weighted by Gasteiger charge is 2.46. The number of hydrogen-bond acceptors (Lipinski definition) is 7. The number of nitrogens with zero attached hydrogens (tertiary/aromatic N) is 4. The zero-order valence-electron chi connectivity index (χ0n) is 12.9. The second-order valence-corrected chi connectivity index (χ2v) is 6.23. The Bertz CT molecular complexity index is 793. The van der Waals surface area contributed by atoms with Crippen LogP contribution >= 0.6 is 0 Å². The molecule has 3 N–H and O–H groups in total. The van der Waals surface area contributed by atoms with E-state index in [1.54, 1.807) is 4.57 Å². The van der Waals surface area contributed by atoms with E-state index in [4.69, 9.17) is 4.74 Å². The highest BCUT2D eigenvalue weighted by molar-refractivity contribution is 5.83. The van der Waals surface area contributed by atoms with E-state index in [9.17, 15) is 14.6 Å². The van der Waals surface area contributed by atoms with E-state index in [1.165, 1.54) is 12.4 Å². The number of aliphatic hydroxyl groups excluding tert-OH is 2. The maximum Gasteiger partial charge on any atom is 0.312 e. The van der Waals surface area contributed by atoms with Crippen LogP contribution in [-0.2, 0) is 4.74 Å². The van der Waals surface area contributed by atoms with Crippen molar-refractivity contribution in [2.45, 2.75) is 43.2 Å². The van der Waals surface area contributed by atoms with Crippen LogP contribution in [0.1, 0.15) is 25.5 Å². The summed E-state index contributed by atoms with van der Waals surface area (Å²) < 4.78 is 21.2. The summed E-state index contributed by atoms with van der Waals surface area (Å²) in [5.74, 6) is 0.356. The molecule has 1 saturated carbocycles. The Morgan fingerprint density at radius 2 is 2.29 bits per heavy atom. The van der Waals surface area contributed by atoms with Crippen molar-refractivity contribution in [2.75, 3.05) is 11.9 Å². The van der Waals surface area contributed by atoms with Gasteiger partial charge in [-0.3, -0.25) is 4.57 Å². The summed E-state index contributed by atoms with van der Waals surface area (Å²) in [4.78, 5) is 11.9. The Morgan fingerprint density at radius 3 is 2.92 bits per heavy atom. The normalized spacial score (nSPS) is 30.0. The predicted octanol–water partition coefficient (Wildman–Crippen LogP) is 0.737. The van der Waals surface area contributed by atoms with Gasteiger partial charge in [0.1, 0.15) is 11.8 Å². The minimum atomic E-state index is -1.25. The SMILES string of the molecule is C=C[C@]1(CO)O[C@@H](n2cnc3c(NC4CC4)nc(F)nc32)C[C@@H]1O. The summed E-state index contributed by atoms with van der Waals surface area (Å²) >= 11 is 0. The highest BCUT2D eigenvalue weighted by Crippen LogP contribution is 2.39. The van der Waals surface area contributed by atoms with Gasteiger partial charge < -0.3 is 20.3 Å². The molecule has 4 rings (SSSR count). The van der Waals surface area contributed by atoms with Crippen molar-refractivity contribution in [3.05, 3.63) is 25.1 Å². The molecular weight excluding hydrogens is 317 g/mol. The first-order chi connectivity index (χ1) is 11.6. The second kappa shape index (κ2) is 5.47. The molecule has 128 valence electrons. The number of ether oxygens (including phenoxy) is 1. The minimum Gasteiger partial charge on any atom is -0.393 e. The molecule has 1 aliphatic heterocycles. The van der Waals surface area contributed by atoms with Crippen molar-refractivity contribution in [2.24, 2.45) is 0 Å². The van der Waals surface area contributed by atoms with E-state index in [1.807, 2.05) is 0 Å². The molecule has 0 aromatic carbocycles. The van der Waals surface area contributed by atoms with Crippen LogP contribution in [0.25, 0.3) is 11.2 Å². The number of hydrogen-bond donors (Lipinski definition) is 3. The van der Waals surface area contributed by atoms with Crippen molar-refractivity contribution in [3.8, 4) is 0 Å². The Labute approximate surface area is 137 Å². The van der Waals surface area contributed by atoms with E-state index >= 15 is 0 Å². The van der Waals surface area contributed by atoms with E-state index in [0.29, 0.717) is 17.4 Å². The van der Waals surface area contributed by atoms with Gasteiger partial charge in [0.05, 0.1) is 19.0 Å². The smallest absolute Gasteiger partial charge is 0.312 e. The van der Waals surface area contributed by atoms with E-state index in [-0.39, 0.29) is 12.1 Å². The van der Waals surface area contributed by atoms with Gasteiger partial charge in [0.25, 0.3) is 0 Å². The molecule has 1 saturated heterocycles. The molecular formula is C15H18FN5O3. The monoisotopic (exact) mass is 335 g/mol. The molecule has 0 amide bonds. The van der Waals surface area contributed by atoms with Gasteiger partial charge in [0, 0.05) is 12.5 Å². The third-order valence-electron chi connectivity index (χ3n) is 4.56. The van der Waals surface area contributed by atoms with Crippen molar-refractivity contribution < 1.29 is 19.3 Å². The first kappa shape index (κ1) is 15.4. The zero-order chi connectivity index (χ0) is 16.9. The standard InChI is InChI=1S/C15H18FN5O3/c1-2-15(6-22)9(23)5-10(24-15)21-7-17-11-12(18-8-3-4-8)19-14(16)20-13(11)21/h2,7-10,22-23H,1,3-6H2,(H,18,19,20)/t9-,10+,15+/m0/s1. The molecule has 0 spiro atoms. The largest absolute Gasteiger partial charge is 0.393 e. The third kappa shape index (κ3) is 2.36. The quantitative estimate of drug-likeness (QED) is 0.546. The van der Waals surface area contributed by atoms with E-state index in [0.717, 1.165) is 12.8 Å². The van der Waals surface area contributed by atoms with Crippen LogP contribution in [0, 0.1) is 6.08 Å². The lowest BCUT2D eigenvalue weighted by atomic mass is 9.98. The molecule has 2 fully saturated rings. The minimum absolute atomic E-state index is 0.203. The second-order valence-electron chi connectivity index (χ2n) is 6.23. The summed E-state index contributed by atoms with van der Waals surface area (Å²) in [5, 5.41) is 22.9. The molecule has 24 heavy (non-hydrogen) atoms. The molecule has 0 radical (unpaired) electrons. The zero-order valence-corrected chi connectivity index (χ0v) is 12.9. The number of aromatic nitrogens is 4. The van der Waals surface area contributed by atoms with Crippen molar-refractivity contribution in [1.29, 1.82) is 0 Å². The summed E-state index contributed by atoms with van der Waals surface area (Å²) in [5.41, 5.74) is -0.524. The molecule has 0 unspecified atom stereocenters. The van der Waals surface area contributed by atoms with Gasteiger partial charge in [-0.2, -0.15) is 14.4 Å². The fraction of sp³-hybridized carbons (Fsp3) is 0.533. The average Bonchev–Trinajstić information content (AvgIpc) is 3.17. The van der Waals surface area contributed by atoms with Crippen molar-refractivity contribution in [3.63, 3.8) is 0 Å². The Kier molecular flexibility index (Phi) is 3.52. The number of aliphatic hydroxyl groups is 2. The van der Waals surface area contributed by atoms with Gasteiger partial charge in [-0.05, 0) is 12.8 Å². The molecule has 1 aliphatic carbocycles. The molecule has 8 nitrogen and oxygen atoms in total. The van der Waals surface area contributed by atoms with Crippen LogP contribution in [0.3, 0.4) is 0 Å². The number of anilines is 1. The van der Waals surface area contributed by atoms with Crippen LogP contribution < -0.4 is 5.32 Å². The molecule has 9 heteroatoms. The molecule has 3 heterocycles. The van der Waals surface area contributed by atoms with E-state index < -0.39 is 30.6 Å². The number of halogens is 1. The van der Waals surface area contributed by atoms with Gasteiger partial charge in [0.2, 0.25) is 0 Å². The summed E-state index contributed by atoms with van der Waals surface area (Å²) in [7, 11) is 0. The lowest BCUT2D eigenvalue weighted by Crippen LogP contribution is -2.40. The third-order valence-corrected chi connectivity index (χ3v) is 4.56. The molecule has 2 aromatic heterocycles. The Balaban J connectivity index is 1.73. The first-order valence-corrected chi connectivity index (χ1v) is 7.83.